The summed E-state index contributed by atoms with van der Waals surface area (Å²) in [5.74, 6) is 1.08. The van der Waals surface area contributed by atoms with Gasteiger partial charge < -0.3 is 14.5 Å². The molecule has 2 aromatic rings. The highest BCUT2D eigenvalue weighted by molar-refractivity contribution is 5.94. The minimum absolute atomic E-state index is 0.00764. The Hall–Kier alpha value is -2.40. The van der Waals surface area contributed by atoms with E-state index in [0.29, 0.717) is 11.5 Å². The van der Waals surface area contributed by atoms with Crippen LogP contribution in [-0.4, -0.2) is 55.0 Å². The molecule has 5 heteroatoms. The summed E-state index contributed by atoms with van der Waals surface area (Å²) in [6.07, 6.45) is 7.01. The fourth-order valence-corrected chi connectivity index (χ4v) is 4.69. The number of rotatable bonds is 7. The van der Waals surface area contributed by atoms with Crippen molar-refractivity contribution in [2.75, 3.05) is 39.3 Å². The van der Waals surface area contributed by atoms with Crippen LogP contribution in [0.1, 0.15) is 60.4 Å². The van der Waals surface area contributed by atoms with Crippen LogP contribution in [0.5, 0.6) is 5.75 Å². The van der Waals surface area contributed by atoms with E-state index in [1.54, 1.807) is 12.1 Å². The van der Waals surface area contributed by atoms with Crippen LogP contribution >= 0.6 is 0 Å². The van der Waals surface area contributed by atoms with Crippen molar-refractivity contribution >= 4 is 5.91 Å². The summed E-state index contributed by atoms with van der Waals surface area (Å²) in [5.41, 5.74) is 1.87. The fourth-order valence-electron chi connectivity index (χ4n) is 4.69. The monoisotopic (exact) mass is 424 g/mol. The molecule has 0 atom stereocenters. The second-order valence-electron chi connectivity index (χ2n) is 8.75. The van der Waals surface area contributed by atoms with Crippen LogP contribution in [0, 0.1) is 5.82 Å². The Morgan fingerprint density at radius 1 is 0.903 bits per heavy atom. The van der Waals surface area contributed by atoms with Crippen molar-refractivity contribution in [1.29, 1.82) is 0 Å². The van der Waals surface area contributed by atoms with Crippen LogP contribution in [0.4, 0.5) is 4.39 Å². The Morgan fingerprint density at radius 3 is 2.26 bits per heavy atom. The minimum atomic E-state index is -0.315. The third-order valence-corrected chi connectivity index (χ3v) is 6.56. The summed E-state index contributed by atoms with van der Waals surface area (Å²) in [5, 5.41) is 0. The van der Waals surface area contributed by atoms with Gasteiger partial charge >= 0.3 is 0 Å². The number of carbonyl (C=O) groups excluding carboxylic acids is 1. The third-order valence-electron chi connectivity index (χ3n) is 6.56. The zero-order valence-corrected chi connectivity index (χ0v) is 18.3. The summed E-state index contributed by atoms with van der Waals surface area (Å²) in [7, 11) is 0. The van der Waals surface area contributed by atoms with Crippen molar-refractivity contribution in [3.05, 3.63) is 65.5 Å². The van der Waals surface area contributed by atoms with Crippen molar-refractivity contribution in [3.8, 4) is 5.75 Å². The second-order valence-corrected chi connectivity index (χ2v) is 8.75. The summed E-state index contributed by atoms with van der Waals surface area (Å²) < 4.78 is 19.0. The number of halogens is 1. The van der Waals surface area contributed by atoms with E-state index < -0.39 is 0 Å². The fraction of sp³-hybridized carbons (Fsp3) is 0.500. The van der Waals surface area contributed by atoms with Gasteiger partial charge in [0.15, 0.2) is 0 Å². The molecule has 0 N–H and O–H groups in total. The Bertz CT molecular complexity index is 823. The first kappa shape index (κ1) is 21.8. The lowest BCUT2D eigenvalue weighted by atomic mass is 9.89. The highest BCUT2D eigenvalue weighted by Crippen LogP contribution is 2.30. The van der Waals surface area contributed by atoms with Crippen molar-refractivity contribution in [2.24, 2.45) is 0 Å². The average Bonchev–Trinajstić information content (AvgIpc) is 2.83. The number of hydrogen-bond donors (Lipinski definition) is 0. The van der Waals surface area contributed by atoms with Gasteiger partial charge in [-0.3, -0.25) is 4.79 Å². The van der Waals surface area contributed by atoms with Crippen LogP contribution in [0.15, 0.2) is 48.5 Å². The van der Waals surface area contributed by atoms with E-state index in [-0.39, 0.29) is 11.7 Å². The number of piperidine rings is 2. The Morgan fingerprint density at radius 2 is 1.58 bits per heavy atom. The molecule has 4 nitrogen and oxygen atoms in total. The van der Waals surface area contributed by atoms with Gasteiger partial charge in [0.05, 0.1) is 6.61 Å². The van der Waals surface area contributed by atoms with E-state index >= 15 is 0 Å². The van der Waals surface area contributed by atoms with Gasteiger partial charge in [-0.15, -0.1) is 0 Å². The molecule has 31 heavy (non-hydrogen) atoms. The molecular formula is C26H33FN2O2. The molecule has 0 unspecified atom stereocenters. The molecule has 2 aromatic carbocycles. The first-order valence-electron chi connectivity index (χ1n) is 11.7. The van der Waals surface area contributed by atoms with E-state index in [1.165, 1.54) is 50.0 Å². The predicted molar refractivity (Wildman–Crippen MR) is 121 cm³/mol. The quantitative estimate of drug-likeness (QED) is 0.580. The zero-order chi connectivity index (χ0) is 21.5. The Balaban J connectivity index is 1.20. The number of carbonyl (C=O) groups is 1. The van der Waals surface area contributed by atoms with Gasteiger partial charge in [-0.05, 0) is 93.1 Å². The number of nitrogens with zero attached hydrogens (tertiary/aromatic N) is 2. The molecule has 2 heterocycles. The van der Waals surface area contributed by atoms with Gasteiger partial charge in [0.25, 0.3) is 5.91 Å². The molecule has 0 aliphatic carbocycles. The standard InChI is InChI=1S/C26H33FN2O2/c27-24-9-5-23(6-10-24)26(30)29-18-13-22(14-19-29)21-7-11-25(12-8-21)31-20-4-17-28-15-2-1-3-16-28/h5-12,22H,1-4,13-20H2. The Labute approximate surface area is 185 Å². The first-order chi connectivity index (χ1) is 15.2. The average molecular weight is 425 g/mol. The van der Waals surface area contributed by atoms with E-state index in [1.807, 2.05) is 4.90 Å². The predicted octanol–water partition coefficient (Wildman–Crippen LogP) is 5.10. The molecule has 0 bridgehead atoms. The smallest absolute Gasteiger partial charge is 0.253 e. The van der Waals surface area contributed by atoms with Gasteiger partial charge in [-0.1, -0.05) is 18.6 Å². The van der Waals surface area contributed by atoms with Crippen molar-refractivity contribution in [2.45, 2.75) is 44.4 Å². The summed E-state index contributed by atoms with van der Waals surface area (Å²) >= 11 is 0. The van der Waals surface area contributed by atoms with Crippen LogP contribution in [0.3, 0.4) is 0 Å². The van der Waals surface area contributed by atoms with Gasteiger partial charge in [0, 0.05) is 25.2 Å². The summed E-state index contributed by atoms with van der Waals surface area (Å²) in [4.78, 5) is 17.0. The van der Waals surface area contributed by atoms with Crippen LogP contribution < -0.4 is 4.74 Å². The zero-order valence-electron chi connectivity index (χ0n) is 18.3. The van der Waals surface area contributed by atoms with Gasteiger partial charge in [0.1, 0.15) is 11.6 Å². The van der Waals surface area contributed by atoms with Crippen LogP contribution in [-0.2, 0) is 0 Å². The minimum Gasteiger partial charge on any atom is -0.494 e. The van der Waals surface area contributed by atoms with Gasteiger partial charge in [0.2, 0.25) is 0 Å². The van der Waals surface area contributed by atoms with E-state index in [9.17, 15) is 9.18 Å². The molecule has 0 saturated carbocycles. The second kappa shape index (κ2) is 10.8. The van der Waals surface area contributed by atoms with Crippen molar-refractivity contribution < 1.29 is 13.9 Å². The molecule has 0 spiro atoms. The van der Waals surface area contributed by atoms with E-state index in [0.717, 1.165) is 51.3 Å². The Kier molecular flexibility index (Phi) is 7.57. The normalized spacial score (nSPS) is 18.2. The molecule has 2 fully saturated rings. The largest absolute Gasteiger partial charge is 0.494 e. The number of ether oxygens (including phenoxy) is 1. The molecule has 166 valence electrons. The maximum atomic E-state index is 13.1. The van der Waals surface area contributed by atoms with E-state index in [2.05, 4.69) is 29.2 Å². The van der Waals surface area contributed by atoms with Crippen molar-refractivity contribution in [3.63, 3.8) is 0 Å². The molecule has 2 saturated heterocycles. The highest BCUT2D eigenvalue weighted by Gasteiger charge is 2.24. The van der Waals surface area contributed by atoms with Crippen LogP contribution in [0.2, 0.25) is 0 Å². The molecule has 4 rings (SSSR count). The molecule has 0 radical (unpaired) electrons. The molecular weight excluding hydrogens is 391 g/mol. The molecule has 1 amide bonds. The number of benzene rings is 2. The van der Waals surface area contributed by atoms with Crippen LogP contribution in [0.25, 0.3) is 0 Å². The number of amides is 1. The third kappa shape index (κ3) is 6.07. The maximum absolute atomic E-state index is 13.1. The lowest BCUT2D eigenvalue weighted by Gasteiger charge is -2.32. The summed E-state index contributed by atoms with van der Waals surface area (Å²) in [6, 6.07) is 14.3. The lowest BCUT2D eigenvalue weighted by Crippen LogP contribution is -2.37. The lowest BCUT2D eigenvalue weighted by molar-refractivity contribution is 0.0713. The molecule has 0 aromatic heterocycles. The molecule has 2 aliphatic heterocycles. The number of likely N-dealkylation sites (tertiary alicyclic amines) is 2. The van der Waals surface area contributed by atoms with Crippen molar-refractivity contribution in [1.82, 2.24) is 9.80 Å². The first-order valence-corrected chi connectivity index (χ1v) is 11.7. The highest BCUT2D eigenvalue weighted by atomic mass is 19.1. The maximum Gasteiger partial charge on any atom is 0.253 e. The topological polar surface area (TPSA) is 32.8 Å². The molecule has 2 aliphatic rings. The van der Waals surface area contributed by atoms with Gasteiger partial charge in [-0.2, -0.15) is 0 Å². The van der Waals surface area contributed by atoms with Gasteiger partial charge in [-0.25, -0.2) is 4.39 Å². The van der Waals surface area contributed by atoms with E-state index in [4.69, 9.17) is 4.74 Å². The number of hydrogen-bond acceptors (Lipinski definition) is 3. The summed E-state index contributed by atoms with van der Waals surface area (Å²) in [6.45, 7) is 5.84. The SMILES string of the molecule is O=C(c1ccc(F)cc1)N1CCC(c2ccc(OCCCN3CCCCC3)cc2)CC1.